The van der Waals surface area contributed by atoms with Crippen molar-refractivity contribution < 1.29 is 27.4 Å². The van der Waals surface area contributed by atoms with Gasteiger partial charge in [0.05, 0.1) is 6.61 Å². The molecule has 2 unspecified atom stereocenters. The Morgan fingerprint density at radius 2 is 1.82 bits per heavy atom. The molecular weight excluding hydrogens is 445 g/mol. The van der Waals surface area contributed by atoms with Crippen LogP contribution in [0.3, 0.4) is 0 Å². The first-order valence-corrected chi connectivity index (χ1v) is 10.7. The lowest BCUT2D eigenvalue weighted by Crippen LogP contribution is -2.25. The van der Waals surface area contributed by atoms with Crippen LogP contribution in [0.2, 0.25) is 0 Å². The minimum atomic E-state index is -4.75. The highest BCUT2D eigenvalue weighted by Gasteiger charge is 2.35. The maximum atomic E-state index is 12.6. The number of alkyl halides is 3. The van der Waals surface area contributed by atoms with Gasteiger partial charge in [0.15, 0.2) is 0 Å². The largest absolute Gasteiger partial charge is 0.573 e. The Morgan fingerprint density at radius 3 is 2.56 bits per heavy atom. The first-order chi connectivity index (χ1) is 16.3. The summed E-state index contributed by atoms with van der Waals surface area (Å²) in [5, 5.41) is 3.59. The van der Waals surface area contributed by atoms with Crippen molar-refractivity contribution in [3.63, 3.8) is 0 Å². The van der Waals surface area contributed by atoms with Crippen molar-refractivity contribution in [2.45, 2.75) is 25.1 Å². The summed E-state index contributed by atoms with van der Waals surface area (Å²) in [6.07, 6.45) is -2.93. The number of anilines is 1. The SMILES string of the molecule is CC(=O)Nc1ccc(C2c3ccccc3OCC2c2c[nH]c3cc(OC(F)(F)F)ccc23)cc1. The highest BCUT2D eigenvalue weighted by atomic mass is 19.4. The third-order valence-electron chi connectivity index (χ3n) is 5.98. The van der Waals surface area contributed by atoms with Crippen molar-refractivity contribution in [2.75, 3.05) is 11.9 Å². The van der Waals surface area contributed by atoms with Crippen LogP contribution in [-0.4, -0.2) is 23.9 Å². The van der Waals surface area contributed by atoms with E-state index in [9.17, 15) is 18.0 Å². The second-order valence-corrected chi connectivity index (χ2v) is 8.24. The Labute approximate surface area is 193 Å². The molecule has 0 spiro atoms. The van der Waals surface area contributed by atoms with Gasteiger partial charge in [-0.25, -0.2) is 0 Å². The molecule has 4 aromatic rings. The number of ether oxygens (including phenoxy) is 2. The van der Waals surface area contributed by atoms with Gasteiger partial charge >= 0.3 is 6.36 Å². The van der Waals surface area contributed by atoms with Gasteiger partial charge in [0.25, 0.3) is 0 Å². The predicted octanol–water partition coefficient (Wildman–Crippen LogP) is 6.33. The summed E-state index contributed by atoms with van der Waals surface area (Å²) in [6, 6.07) is 19.8. The minimum absolute atomic E-state index is 0.0542. The zero-order valence-electron chi connectivity index (χ0n) is 18.1. The lowest BCUT2D eigenvalue weighted by Gasteiger charge is -2.34. The quantitative estimate of drug-likeness (QED) is 0.369. The summed E-state index contributed by atoms with van der Waals surface area (Å²) >= 11 is 0. The Hall–Kier alpha value is -3.94. The highest BCUT2D eigenvalue weighted by Crippen LogP contribution is 2.47. The van der Waals surface area contributed by atoms with E-state index in [-0.39, 0.29) is 23.5 Å². The first kappa shape index (κ1) is 21.9. The average molecular weight is 466 g/mol. The zero-order valence-corrected chi connectivity index (χ0v) is 18.1. The molecular formula is C26H21F3N2O3. The summed E-state index contributed by atoms with van der Waals surface area (Å²) < 4.78 is 48.1. The van der Waals surface area contributed by atoms with E-state index in [1.165, 1.54) is 19.1 Å². The first-order valence-electron chi connectivity index (χ1n) is 10.7. The van der Waals surface area contributed by atoms with Crippen molar-refractivity contribution in [1.82, 2.24) is 4.98 Å². The van der Waals surface area contributed by atoms with Gasteiger partial charge in [0.1, 0.15) is 11.5 Å². The maximum Gasteiger partial charge on any atom is 0.573 e. The van der Waals surface area contributed by atoms with Crippen LogP contribution < -0.4 is 14.8 Å². The van der Waals surface area contributed by atoms with Crippen molar-refractivity contribution in [2.24, 2.45) is 0 Å². The van der Waals surface area contributed by atoms with E-state index >= 15 is 0 Å². The Bertz CT molecular complexity index is 1350. The Balaban J connectivity index is 1.56. The van der Waals surface area contributed by atoms with Crippen LogP contribution in [0.4, 0.5) is 18.9 Å². The molecule has 0 saturated heterocycles. The number of rotatable bonds is 4. The number of aromatic nitrogens is 1. The Kier molecular flexibility index (Phi) is 5.43. The van der Waals surface area contributed by atoms with Gasteiger partial charge in [-0.1, -0.05) is 30.3 Å². The van der Waals surface area contributed by atoms with Crippen molar-refractivity contribution in [3.05, 3.63) is 89.6 Å². The molecule has 0 saturated carbocycles. The third kappa shape index (κ3) is 4.31. The van der Waals surface area contributed by atoms with Gasteiger partial charge in [-0.2, -0.15) is 0 Å². The summed E-state index contributed by atoms with van der Waals surface area (Å²) in [5.74, 6) is 0.236. The van der Waals surface area contributed by atoms with Crippen LogP contribution in [0.25, 0.3) is 10.9 Å². The monoisotopic (exact) mass is 466 g/mol. The summed E-state index contributed by atoms with van der Waals surface area (Å²) in [5.41, 5.74) is 4.27. The molecule has 1 amide bonds. The van der Waals surface area contributed by atoms with Crippen molar-refractivity contribution in [3.8, 4) is 11.5 Å². The number of carbonyl (C=O) groups excluding carboxylic acids is 1. The maximum absolute atomic E-state index is 12.6. The molecule has 0 bridgehead atoms. The van der Waals surface area contributed by atoms with E-state index in [0.717, 1.165) is 27.8 Å². The fourth-order valence-corrected chi connectivity index (χ4v) is 4.65. The van der Waals surface area contributed by atoms with E-state index in [0.29, 0.717) is 17.8 Å². The van der Waals surface area contributed by atoms with Crippen LogP contribution in [0.1, 0.15) is 35.4 Å². The molecule has 1 aromatic heterocycles. The normalized spacial score (nSPS) is 17.6. The molecule has 174 valence electrons. The molecule has 2 atom stereocenters. The minimum Gasteiger partial charge on any atom is -0.493 e. The second-order valence-electron chi connectivity index (χ2n) is 8.24. The number of para-hydroxylation sites is 1. The van der Waals surface area contributed by atoms with Crippen LogP contribution in [-0.2, 0) is 4.79 Å². The third-order valence-corrected chi connectivity index (χ3v) is 5.98. The molecule has 0 radical (unpaired) electrons. The Morgan fingerprint density at radius 1 is 1.06 bits per heavy atom. The number of benzene rings is 3. The van der Waals surface area contributed by atoms with Crippen LogP contribution in [0, 0.1) is 0 Å². The predicted molar refractivity (Wildman–Crippen MR) is 122 cm³/mol. The number of carbonyl (C=O) groups is 1. The standard InChI is InChI=1S/C26H21F3N2O3/c1-15(32)31-17-8-6-16(7-9-17)25-20-4-2-3-5-24(20)33-14-22(25)21-13-30-23-12-18(10-11-19(21)23)34-26(27,28)29/h2-13,22,25,30H,14H2,1H3,(H,31,32). The molecule has 1 aliphatic rings. The number of amides is 1. The fourth-order valence-electron chi connectivity index (χ4n) is 4.65. The second kappa shape index (κ2) is 8.44. The topological polar surface area (TPSA) is 63.3 Å². The molecule has 5 nitrogen and oxygen atoms in total. The van der Waals surface area contributed by atoms with Crippen LogP contribution in [0.5, 0.6) is 11.5 Å². The molecule has 3 aromatic carbocycles. The lowest BCUT2D eigenvalue weighted by atomic mass is 9.76. The molecule has 8 heteroatoms. The van der Waals surface area contributed by atoms with Gasteiger partial charge < -0.3 is 19.8 Å². The summed E-state index contributed by atoms with van der Waals surface area (Å²) in [6.45, 7) is 1.86. The summed E-state index contributed by atoms with van der Waals surface area (Å²) in [4.78, 5) is 14.5. The molecule has 2 heterocycles. The highest BCUT2D eigenvalue weighted by molar-refractivity contribution is 5.88. The molecule has 34 heavy (non-hydrogen) atoms. The van der Waals surface area contributed by atoms with Gasteiger partial charge in [-0.15, -0.1) is 13.2 Å². The van der Waals surface area contributed by atoms with Gasteiger partial charge in [0.2, 0.25) is 5.91 Å². The van der Waals surface area contributed by atoms with E-state index in [2.05, 4.69) is 15.0 Å². The number of hydrogen-bond acceptors (Lipinski definition) is 3. The number of aromatic amines is 1. The molecule has 1 aliphatic heterocycles. The van der Waals surface area contributed by atoms with E-state index in [1.54, 1.807) is 6.07 Å². The lowest BCUT2D eigenvalue weighted by molar-refractivity contribution is -0.274. The van der Waals surface area contributed by atoms with Gasteiger partial charge in [0, 0.05) is 53.2 Å². The van der Waals surface area contributed by atoms with E-state index in [1.807, 2.05) is 54.7 Å². The molecule has 5 rings (SSSR count). The molecule has 2 N–H and O–H groups in total. The van der Waals surface area contributed by atoms with Crippen molar-refractivity contribution >= 4 is 22.5 Å². The van der Waals surface area contributed by atoms with E-state index < -0.39 is 6.36 Å². The number of nitrogens with one attached hydrogen (secondary N) is 2. The van der Waals surface area contributed by atoms with Crippen LogP contribution in [0.15, 0.2) is 72.9 Å². The average Bonchev–Trinajstić information content (AvgIpc) is 3.20. The number of fused-ring (bicyclic) bond motifs is 2. The number of halogens is 3. The van der Waals surface area contributed by atoms with Gasteiger partial charge in [-0.05, 0) is 41.5 Å². The number of H-pyrrole nitrogens is 1. The van der Waals surface area contributed by atoms with Crippen molar-refractivity contribution in [1.29, 1.82) is 0 Å². The van der Waals surface area contributed by atoms with E-state index in [4.69, 9.17) is 4.74 Å². The smallest absolute Gasteiger partial charge is 0.493 e. The van der Waals surface area contributed by atoms with Crippen LogP contribution >= 0.6 is 0 Å². The molecule has 0 aliphatic carbocycles. The zero-order chi connectivity index (χ0) is 23.9. The summed E-state index contributed by atoms with van der Waals surface area (Å²) in [7, 11) is 0. The van der Waals surface area contributed by atoms with Gasteiger partial charge in [-0.3, -0.25) is 4.79 Å². The fraction of sp³-hybridized carbons (Fsp3) is 0.192. The molecule has 0 fully saturated rings. The number of hydrogen-bond donors (Lipinski definition) is 2.